The number of benzene rings is 1. The molecule has 3 N–H and O–H groups in total. The van der Waals surface area contributed by atoms with Gasteiger partial charge in [-0.15, -0.1) is 0 Å². The molecule has 0 aromatic heterocycles. The smallest absolute Gasteiger partial charge is 0.220 e. The van der Waals surface area contributed by atoms with Crippen LogP contribution in [0.3, 0.4) is 0 Å². The molecular formula is C14H20N2O2. The number of hydrogen-bond donors (Lipinski definition) is 2. The van der Waals surface area contributed by atoms with Crippen LogP contribution in [0.4, 0.5) is 0 Å². The number of rotatable bonds is 3. The van der Waals surface area contributed by atoms with Crippen molar-refractivity contribution in [3.8, 4) is 5.75 Å². The molecule has 0 radical (unpaired) electrons. The lowest BCUT2D eigenvalue weighted by Crippen LogP contribution is -2.45. The fourth-order valence-corrected chi connectivity index (χ4v) is 2.17. The minimum Gasteiger partial charge on any atom is -0.491 e. The maximum Gasteiger partial charge on any atom is 0.220 e. The Morgan fingerprint density at radius 3 is 2.61 bits per heavy atom. The topological polar surface area (TPSA) is 64.3 Å². The molecule has 0 aliphatic carbocycles. The lowest BCUT2D eigenvalue weighted by molar-refractivity contribution is -0.123. The Hall–Kier alpha value is -1.55. The summed E-state index contributed by atoms with van der Waals surface area (Å²) >= 11 is 0. The van der Waals surface area contributed by atoms with Crippen molar-refractivity contribution >= 4 is 5.91 Å². The Labute approximate surface area is 108 Å². The molecule has 1 saturated heterocycles. The molecule has 4 heteroatoms. The van der Waals surface area contributed by atoms with Crippen LogP contribution in [0, 0.1) is 0 Å². The molecule has 1 aliphatic rings. The van der Waals surface area contributed by atoms with Crippen molar-refractivity contribution in [1.82, 2.24) is 5.32 Å². The maximum absolute atomic E-state index is 11.4. The predicted molar refractivity (Wildman–Crippen MR) is 70.3 cm³/mol. The first-order chi connectivity index (χ1) is 8.56. The molecule has 1 fully saturated rings. The van der Waals surface area contributed by atoms with Gasteiger partial charge in [0.2, 0.25) is 5.91 Å². The maximum atomic E-state index is 11.4. The van der Waals surface area contributed by atoms with Crippen molar-refractivity contribution in [3.05, 3.63) is 29.8 Å². The number of amides is 1. The summed E-state index contributed by atoms with van der Waals surface area (Å²) in [7, 11) is 0. The van der Waals surface area contributed by atoms with Crippen LogP contribution in [0.5, 0.6) is 5.75 Å². The van der Waals surface area contributed by atoms with Gasteiger partial charge in [0.25, 0.3) is 0 Å². The van der Waals surface area contributed by atoms with Gasteiger partial charge in [0.15, 0.2) is 0 Å². The van der Waals surface area contributed by atoms with Crippen LogP contribution < -0.4 is 15.8 Å². The van der Waals surface area contributed by atoms with E-state index in [9.17, 15) is 4.79 Å². The third-order valence-corrected chi connectivity index (χ3v) is 3.06. The summed E-state index contributed by atoms with van der Waals surface area (Å²) in [4.78, 5) is 11.4. The lowest BCUT2D eigenvalue weighted by atomic mass is 9.93. The Balaban J connectivity index is 2.10. The SMILES string of the molecule is CC(C)Oc1ccc(C2NC(=O)CCC2N)cc1. The van der Waals surface area contributed by atoms with Gasteiger partial charge in [-0.3, -0.25) is 4.79 Å². The highest BCUT2D eigenvalue weighted by molar-refractivity contribution is 5.77. The number of carbonyl (C=O) groups is 1. The summed E-state index contributed by atoms with van der Waals surface area (Å²) in [6.07, 6.45) is 1.42. The van der Waals surface area contributed by atoms with E-state index in [0.717, 1.165) is 17.7 Å². The first-order valence-electron chi connectivity index (χ1n) is 6.38. The largest absolute Gasteiger partial charge is 0.491 e. The summed E-state index contributed by atoms with van der Waals surface area (Å²) in [5, 5.41) is 2.94. The van der Waals surface area contributed by atoms with Crippen molar-refractivity contribution in [2.45, 2.75) is 44.9 Å². The number of carbonyl (C=O) groups excluding carboxylic acids is 1. The molecule has 1 aromatic carbocycles. The van der Waals surface area contributed by atoms with Crippen molar-refractivity contribution in [3.63, 3.8) is 0 Å². The van der Waals surface area contributed by atoms with E-state index in [2.05, 4.69) is 5.32 Å². The minimum atomic E-state index is -0.0839. The van der Waals surface area contributed by atoms with Crippen LogP contribution in [-0.2, 0) is 4.79 Å². The van der Waals surface area contributed by atoms with E-state index in [0.29, 0.717) is 6.42 Å². The Morgan fingerprint density at radius 1 is 1.33 bits per heavy atom. The van der Waals surface area contributed by atoms with Crippen LogP contribution in [0.2, 0.25) is 0 Å². The second-order valence-corrected chi connectivity index (χ2v) is 4.98. The molecule has 4 nitrogen and oxygen atoms in total. The highest BCUT2D eigenvalue weighted by atomic mass is 16.5. The molecule has 2 rings (SSSR count). The highest BCUT2D eigenvalue weighted by Gasteiger charge is 2.26. The lowest BCUT2D eigenvalue weighted by Gasteiger charge is -2.30. The third-order valence-electron chi connectivity index (χ3n) is 3.06. The van der Waals surface area contributed by atoms with E-state index in [1.54, 1.807) is 0 Å². The summed E-state index contributed by atoms with van der Waals surface area (Å²) in [6.45, 7) is 3.98. The number of nitrogens with two attached hydrogens (primary N) is 1. The fraction of sp³-hybridized carbons (Fsp3) is 0.500. The van der Waals surface area contributed by atoms with E-state index < -0.39 is 0 Å². The molecule has 0 spiro atoms. The molecule has 1 aliphatic heterocycles. The average molecular weight is 248 g/mol. The van der Waals surface area contributed by atoms with Crippen LogP contribution in [-0.4, -0.2) is 18.1 Å². The standard InChI is InChI=1S/C14H20N2O2/c1-9(2)18-11-5-3-10(4-6-11)14-12(15)7-8-13(17)16-14/h3-6,9,12,14H,7-8,15H2,1-2H3,(H,16,17). The van der Waals surface area contributed by atoms with Gasteiger partial charge in [-0.1, -0.05) is 12.1 Å². The number of nitrogens with one attached hydrogen (secondary N) is 1. The first-order valence-corrected chi connectivity index (χ1v) is 6.38. The molecule has 1 aromatic rings. The van der Waals surface area contributed by atoms with E-state index in [1.807, 2.05) is 38.1 Å². The highest BCUT2D eigenvalue weighted by Crippen LogP contribution is 2.24. The van der Waals surface area contributed by atoms with Gasteiger partial charge in [-0.2, -0.15) is 0 Å². The van der Waals surface area contributed by atoms with Crippen molar-refractivity contribution in [2.75, 3.05) is 0 Å². The number of ether oxygens (including phenoxy) is 1. The van der Waals surface area contributed by atoms with Gasteiger partial charge in [-0.25, -0.2) is 0 Å². The third kappa shape index (κ3) is 3.01. The fourth-order valence-electron chi connectivity index (χ4n) is 2.17. The molecule has 2 atom stereocenters. The summed E-state index contributed by atoms with van der Waals surface area (Å²) in [6, 6.07) is 7.67. The average Bonchev–Trinajstić information content (AvgIpc) is 2.33. The molecule has 0 bridgehead atoms. The van der Waals surface area contributed by atoms with Crippen LogP contribution >= 0.6 is 0 Å². The Bertz CT molecular complexity index is 414. The van der Waals surface area contributed by atoms with Gasteiger partial charge in [0.1, 0.15) is 5.75 Å². The first kappa shape index (κ1) is 12.9. The normalized spacial score (nSPS) is 23.9. The van der Waals surface area contributed by atoms with Gasteiger partial charge in [0, 0.05) is 12.5 Å². The zero-order chi connectivity index (χ0) is 13.1. The molecular weight excluding hydrogens is 228 g/mol. The van der Waals surface area contributed by atoms with Gasteiger partial charge in [-0.05, 0) is 38.0 Å². The number of piperidine rings is 1. The number of hydrogen-bond acceptors (Lipinski definition) is 3. The van der Waals surface area contributed by atoms with E-state index in [4.69, 9.17) is 10.5 Å². The molecule has 2 unspecified atom stereocenters. The zero-order valence-corrected chi connectivity index (χ0v) is 10.8. The van der Waals surface area contributed by atoms with Crippen molar-refractivity contribution in [1.29, 1.82) is 0 Å². The van der Waals surface area contributed by atoms with Gasteiger partial charge in [0.05, 0.1) is 12.1 Å². The Kier molecular flexibility index (Phi) is 3.87. The van der Waals surface area contributed by atoms with Gasteiger partial charge >= 0.3 is 0 Å². The molecule has 1 amide bonds. The van der Waals surface area contributed by atoms with Crippen molar-refractivity contribution < 1.29 is 9.53 Å². The van der Waals surface area contributed by atoms with Crippen molar-refractivity contribution in [2.24, 2.45) is 5.73 Å². The second kappa shape index (κ2) is 5.40. The molecule has 0 saturated carbocycles. The molecule has 98 valence electrons. The summed E-state index contributed by atoms with van der Waals surface area (Å²) in [5.74, 6) is 0.911. The van der Waals surface area contributed by atoms with Crippen LogP contribution in [0.1, 0.15) is 38.3 Å². The summed E-state index contributed by atoms with van der Waals surface area (Å²) in [5.41, 5.74) is 7.08. The van der Waals surface area contributed by atoms with E-state index in [-0.39, 0.29) is 24.1 Å². The molecule has 18 heavy (non-hydrogen) atoms. The zero-order valence-electron chi connectivity index (χ0n) is 10.8. The van der Waals surface area contributed by atoms with Crippen LogP contribution in [0.15, 0.2) is 24.3 Å². The quantitative estimate of drug-likeness (QED) is 0.856. The Morgan fingerprint density at radius 2 is 2.00 bits per heavy atom. The van der Waals surface area contributed by atoms with E-state index >= 15 is 0 Å². The second-order valence-electron chi connectivity index (χ2n) is 4.98. The van der Waals surface area contributed by atoms with Crippen LogP contribution in [0.25, 0.3) is 0 Å². The molecule has 1 heterocycles. The predicted octanol–water partition coefficient (Wildman–Crippen LogP) is 1.75. The van der Waals surface area contributed by atoms with E-state index in [1.165, 1.54) is 0 Å². The minimum absolute atomic E-state index is 0.0143. The summed E-state index contributed by atoms with van der Waals surface area (Å²) < 4.78 is 5.59. The monoisotopic (exact) mass is 248 g/mol. The van der Waals surface area contributed by atoms with Gasteiger partial charge < -0.3 is 15.8 Å².